The van der Waals surface area contributed by atoms with Crippen molar-refractivity contribution >= 4 is 19.4 Å². The van der Waals surface area contributed by atoms with E-state index in [1.165, 1.54) is 28.6 Å². The van der Waals surface area contributed by atoms with Crippen LogP contribution >= 0.6 is 19.4 Å². The predicted molar refractivity (Wildman–Crippen MR) is 119 cm³/mol. The maximum Gasteiger partial charge on any atom is 0.340 e. The lowest BCUT2D eigenvalue weighted by Crippen LogP contribution is -2.32. The normalized spacial score (nSPS) is 12.7. The molecule has 0 saturated heterocycles. The Labute approximate surface area is 180 Å². The zero-order valence-corrected chi connectivity index (χ0v) is 19.0. The molecule has 10 heteroatoms. The van der Waals surface area contributed by atoms with Gasteiger partial charge in [-0.3, -0.25) is 14.3 Å². The molecular weight excluding hydrogens is 427 g/mol. The molecule has 0 saturated carbocycles. The highest BCUT2D eigenvalue weighted by Gasteiger charge is 2.24. The van der Waals surface area contributed by atoms with E-state index in [0.717, 1.165) is 5.56 Å². The summed E-state index contributed by atoms with van der Waals surface area (Å²) in [6, 6.07) is 11.1. The van der Waals surface area contributed by atoms with Gasteiger partial charge in [0.05, 0.1) is 31.9 Å². The molecule has 0 aliphatic rings. The third kappa shape index (κ3) is 8.62. The van der Waals surface area contributed by atoms with Gasteiger partial charge in [0.25, 0.3) is 5.56 Å². The molecule has 8 nitrogen and oxygen atoms in total. The van der Waals surface area contributed by atoms with E-state index in [4.69, 9.17) is 13.8 Å². The number of benzene rings is 1. The van der Waals surface area contributed by atoms with E-state index in [2.05, 4.69) is 4.98 Å². The van der Waals surface area contributed by atoms with Crippen LogP contribution in [-0.2, 0) is 31.5 Å². The number of ether oxygens (including phenoxy) is 1. The summed E-state index contributed by atoms with van der Waals surface area (Å²) in [7, 11) is -3.14. The topological polar surface area (TPSA) is 99.6 Å². The predicted octanol–water partition coefficient (Wildman–Crippen LogP) is 3.33. The van der Waals surface area contributed by atoms with Crippen molar-refractivity contribution in [3.05, 3.63) is 69.0 Å². The zero-order valence-electron chi connectivity index (χ0n) is 17.3. The quantitative estimate of drug-likeness (QED) is 0.435. The molecule has 2 rings (SSSR count). The van der Waals surface area contributed by atoms with E-state index < -0.39 is 18.8 Å². The molecule has 0 aliphatic carbocycles. The van der Waals surface area contributed by atoms with Gasteiger partial charge < -0.3 is 18.4 Å². The third-order valence-corrected chi connectivity index (χ3v) is 8.08. The van der Waals surface area contributed by atoms with Crippen LogP contribution in [0, 0.1) is 5.92 Å². The van der Waals surface area contributed by atoms with Gasteiger partial charge in [0.15, 0.2) is 0 Å². The third-order valence-electron chi connectivity index (χ3n) is 4.07. The van der Waals surface area contributed by atoms with Gasteiger partial charge in [-0.2, -0.15) is 0 Å². The lowest BCUT2D eigenvalue weighted by Gasteiger charge is -2.20. The molecule has 2 aromatic rings. The molecule has 1 aromatic heterocycles. The second kappa shape index (κ2) is 12.9. The highest BCUT2D eigenvalue weighted by molar-refractivity contribution is 8.04. The summed E-state index contributed by atoms with van der Waals surface area (Å²) in [6.45, 7) is 5.41. The summed E-state index contributed by atoms with van der Waals surface area (Å²) < 4.78 is 30.6. The van der Waals surface area contributed by atoms with Gasteiger partial charge >= 0.3 is 13.3 Å². The second-order valence-corrected chi connectivity index (χ2v) is 10.1. The van der Waals surface area contributed by atoms with E-state index in [1.54, 1.807) is 13.8 Å². The summed E-state index contributed by atoms with van der Waals surface area (Å²) in [5.74, 6) is 0.545. The first-order valence-electron chi connectivity index (χ1n) is 9.83. The molecule has 0 aliphatic heterocycles. The largest absolute Gasteiger partial charge is 0.376 e. The van der Waals surface area contributed by atoms with Crippen molar-refractivity contribution < 1.29 is 18.3 Å². The zero-order chi connectivity index (χ0) is 21.8. The first kappa shape index (κ1) is 24.6. The minimum absolute atomic E-state index is 0.0426. The molecule has 1 aromatic carbocycles. The van der Waals surface area contributed by atoms with Crippen LogP contribution in [0.3, 0.4) is 0 Å². The number of thioether (sulfide) groups is 1. The Balaban J connectivity index is 1.99. The summed E-state index contributed by atoms with van der Waals surface area (Å²) in [4.78, 5) is 25.6. The molecule has 1 N–H and O–H groups in total. The van der Waals surface area contributed by atoms with Crippen LogP contribution in [-0.4, -0.2) is 40.6 Å². The molecule has 1 heterocycles. The molecule has 0 fully saturated rings. The minimum atomic E-state index is -3.14. The molecule has 0 bridgehead atoms. The van der Waals surface area contributed by atoms with Gasteiger partial charge in [-0.15, -0.1) is 11.8 Å². The number of hydrogen-bond acceptors (Lipinski definition) is 7. The van der Waals surface area contributed by atoms with E-state index in [0.29, 0.717) is 38.7 Å². The van der Waals surface area contributed by atoms with Crippen LogP contribution in [0.1, 0.15) is 19.4 Å². The fourth-order valence-corrected chi connectivity index (χ4v) is 6.08. The van der Waals surface area contributed by atoms with Gasteiger partial charge in [0.1, 0.15) is 0 Å². The Hall–Kier alpha value is -1.64. The molecular formula is C20H29N2O6PS. The Morgan fingerprint density at radius 3 is 2.43 bits per heavy atom. The van der Waals surface area contributed by atoms with Gasteiger partial charge in [0.2, 0.25) is 0 Å². The Morgan fingerprint density at radius 1 is 1.10 bits per heavy atom. The maximum absolute atomic E-state index is 12.7. The minimum Gasteiger partial charge on any atom is -0.376 e. The van der Waals surface area contributed by atoms with Crippen molar-refractivity contribution in [3.63, 3.8) is 0 Å². The summed E-state index contributed by atoms with van der Waals surface area (Å²) in [5, 5.41) is 0. The average molecular weight is 457 g/mol. The molecule has 0 radical (unpaired) electrons. The highest BCUT2D eigenvalue weighted by atomic mass is 32.2. The Morgan fingerprint density at radius 2 is 1.80 bits per heavy atom. The fraction of sp³-hybridized carbons (Fsp3) is 0.500. The number of rotatable bonds is 14. The van der Waals surface area contributed by atoms with Gasteiger partial charge in [0, 0.05) is 30.5 Å². The molecule has 0 spiro atoms. The lowest BCUT2D eigenvalue weighted by molar-refractivity contribution is 0.0878. The smallest absolute Gasteiger partial charge is 0.340 e. The number of aromatic nitrogens is 2. The summed E-state index contributed by atoms with van der Waals surface area (Å²) in [6.07, 6.45) is 1.47. The molecule has 1 unspecified atom stereocenters. The van der Waals surface area contributed by atoms with Crippen molar-refractivity contribution in [2.75, 3.05) is 31.1 Å². The number of hydrogen-bond donors (Lipinski definition) is 1. The van der Waals surface area contributed by atoms with E-state index >= 15 is 0 Å². The van der Waals surface area contributed by atoms with Crippen molar-refractivity contribution in [2.24, 2.45) is 5.92 Å². The van der Waals surface area contributed by atoms with Crippen LogP contribution in [0.25, 0.3) is 0 Å². The first-order valence-corrected chi connectivity index (χ1v) is 12.7. The number of nitrogens with one attached hydrogen (secondary N) is 1. The number of aromatic amines is 1. The molecule has 0 amide bonds. The van der Waals surface area contributed by atoms with Crippen molar-refractivity contribution in [1.29, 1.82) is 0 Å². The number of H-pyrrole nitrogens is 1. The monoisotopic (exact) mass is 456 g/mol. The Bertz CT molecular complexity index is 907. The van der Waals surface area contributed by atoms with Crippen LogP contribution in [0.4, 0.5) is 0 Å². The van der Waals surface area contributed by atoms with Gasteiger partial charge in [-0.1, -0.05) is 30.3 Å². The molecule has 30 heavy (non-hydrogen) atoms. The van der Waals surface area contributed by atoms with Gasteiger partial charge in [-0.05, 0) is 19.4 Å². The number of nitrogens with zero attached hydrogens (tertiary/aromatic N) is 1. The fourth-order valence-electron chi connectivity index (χ4n) is 2.77. The van der Waals surface area contributed by atoms with Crippen molar-refractivity contribution in [3.8, 4) is 0 Å². The maximum atomic E-state index is 12.7. The lowest BCUT2D eigenvalue weighted by atomic mass is 10.2. The van der Waals surface area contributed by atoms with Crippen LogP contribution in [0.2, 0.25) is 0 Å². The summed E-state index contributed by atoms with van der Waals surface area (Å²) in [5.41, 5.74) is 0.388. The first-order chi connectivity index (χ1) is 14.5. The average Bonchev–Trinajstić information content (AvgIpc) is 2.71. The van der Waals surface area contributed by atoms with Crippen LogP contribution in [0.15, 0.2) is 52.2 Å². The van der Waals surface area contributed by atoms with Crippen molar-refractivity contribution in [1.82, 2.24) is 9.55 Å². The molecule has 166 valence electrons. The second-order valence-electron chi connectivity index (χ2n) is 6.58. The Kier molecular flexibility index (Phi) is 10.6. The van der Waals surface area contributed by atoms with E-state index in [9.17, 15) is 14.2 Å². The summed E-state index contributed by atoms with van der Waals surface area (Å²) >= 11 is 1.44. The van der Waals surface area contributed by atoms with E-state index in [1.807, 2.05) is 30.3 Å². The van der Waals surface area contributed by atoms with Gasteiger partial charge in [-0.25, -0.2) is 4.79 Å². The standard InChI is InChI=1S/C20H29N2O6PS/c1-3-27-29(25,28-4-2)16-30-15-18(12-22-11-10-19(23)21-20(22)24)14-26-13-17-8-6-5-7-9-17/h5-11,18H,3-4,12-16H2,1-2H3,(H,21,23,24). The highest BCUT2D eigenvalue weighted by Crippen LogP contribution is 2.50. The van der Waals surface area contributed by atoms with Crippen LogP contribution < -0.4 is 11.2 Å². The SMILES string of the molecule is CCOP(=O)(CSCC(COCc1ccccc1)Cn1ccc(=O)[nH]c1=O)OCC. The molecule has 1 atom stereocenters. The van der Waals surface area contributed by atoms with E-state index in [-0.39, 0.29) is 11.4 Å². The van der Waals surface area contributed by atoms with Crippen molar-refractivity contribution in [2.45, 2.75) is 27.0 Å². The van der Waals surface area contributed by atoms with Crippen LogP contribution in [0.5, 0.6) is 0 Å².